The van der Waals surface area contributed by atoms with Crippen molar-refractivity contribution in [2.45, 2.75) is 23.6 Å². The second kappa shape index (κ2) is 11.0. The Balaban J connectivity index is 1.48. The molecule has 2 amide bonds. The van der Waals surface area contributed by atoms with Crippen molar-refractivity contribution in [2.75, 3.05) is 10.6 Å². The quantitative estimate of drug-likeness (QED) is 0.277. The predicted octanol–water partition coefficient (Wildman–Crippen LogP) is 5.48. The Bertz CT molecular complexity index is 1700. The molecule has 2 N–H and O–H groups in total. The van der Waals surface area contributed by atoms with E-state index in [-0.39, 0.29) is 32.7 Å². The molecule has 0 aliphatic carbocycles. The van der Waals surface area contributed by atoms with Gasteiger partial charge in [0.15, 0.2) is 5.75 Å². The van der Waals surface area contributed by atoms with E-state index in [0.29, 0.717) is 11.1 Å². The molecule has 0 aliphatic rings. The second-order valence-electron chi connectivity index (χ2n) is 8.21. The minimum atomic E-state index is -4.16. The maximum atomic E-state index is 12.8. The first-order valence-electron chi connectivity index (χ1n) is 11.3. The molecule has 38 heavy (non-hydrogen) atoms. The van der Waals surface area contributed by atoms with Crippen LogP contribution < -0.4 is 19.0 Å². The van der Waals surface area contributed by atoms with Crippen molar-refractivity contribution in [3.05, 3.63) is 108 Å². The van der Waals surface area contributed by atoms with E-state index < -0.39 is 26.3 Å². The number of aryl methyl sites for hydroxylation is 2. The van der Waals surface area contributed by atoms with E-state index in [4.69, 9.17) is 8.37 Å². The first kappa shape index (κ1) is 26.7. The third-order valence-corrected chi connectivity index (χ3v) is 8.16. The van der Waals surface area contributed by atoms with Gasteiger partial charge in [-0.15, -0.1) is 0 Å². The molecule has 0 aliphatic heterocycles. The van der Waals surface area contributed by atoms with E-state index >= 15 is 0 Å². The summed E-state index contributed by atoms with van der Waals surface area (Å²) in [5.74, 6) is -0.0774. The van der Waals surface area contributed by atoms with Crippen molar-refractivity contribution < 1.29 is 30.0 Å². The van der Waals surface area contributed by atoms with E-state index in [0.717, 1.165) is 0 Å². The van der Waals surface area contributed by atoms with Crippen LogP contribution in [-0.4, -0.2) is 22.9 Å². The SMILES string of the molecule is Cc1ccccc1S(=O)(=O)Oc1cccc(NC(=O)Nc2ccccc2OS(=O)(=O)c2ccccc2C)c1. The highest BCUT2D eigenvalue weighted by Gasteiger charge is 2.22. The Hall–Kier alpha value is -4.35. The zero-order valence-corrected chi connectivity index (χ0v) is 22.0. The fourth-order valence-electron chi connectivity index (χ4n) is 3.56. The van der Waals surface area contributed by atoms with Gasteiger partial charge in [-0.1, -0.05) is 54.6 Å². The molecule has 0 radical (unpaired) electrons. The third-order valence-electron chi connectivity index (χ3n) is 5.36. The molecule has 11 heteroatoms. The smallest absolute Gasteiger partial charge is 0.339 e. The van der Waals surface area contributed by atoms with Gasteiger partial charge in [-0.2, -0.15) is 16.8 Å². The highest BCUT2D eigenvalue weighted by molar-refractivity contribution is 7.87. The molecule has 0 aromatic heterocycles. The normalized spacial score (nSPS) is 11.4. The number of urea groups is 1. The molecule has 0 unspecified atom stereocenters. The van der Waals surface area contributed by atoms with Gasteiger partial charge in [0.1, 0.15) is 15.5 Å². The summed E-state index contributed by atoms with van der Waals surface area (Å²) in [6.07, 6.45) is 0. The van der Waals surface area contributed by atoms with E-state index in [1.807, 2.05) is 0 Å². The summed E-state index contributed by atoms with van der Waals surface area (Å²) in [7, 11) is -8.24. The lowest BCUT2D eigenvalue weighted by molar-refractivity contribution is 0.262. The van der Waals surface area contributed by atoms with Gasteiger partial charge in [-0.25, -0.2) is 4.79 Å². The maximum absolute atomic E-state index is 12.8. The lowest BCUT2D eigenvalue weighted by Crippen LogP contribution is -2.20. The molecule has 0 spiro atoms. The Morgan fingerprint density at radius 3 is 1.82 bits per heavy atom. The van der Waals surface area contributed by atoms with Crippen molar-refractivity contribution in [3.63, 3.8) is 0 Å². The summed E-state index contributed by atoms with van der Waals surface area (Å²) in [4.78, 5) is 12.7. The molecule has 9 nitrogen and oxygen atoms in total. The molecule has 0 fully saturated rings. The van der Waals surface area contributed by atoms with Gasteiger partial charge >= 0.3 is 26.3 Å². The van der Waals surface area contributed by atoms with Crippen molar-refractivity contribution in [2.24, 2.45) is 0 Å². The van der Waals surface area contributed by atoms with E-state index in [9.17, 15) is 21.6 Å². The second-order valence-corrected chi connectivity index (χ2v) is 11.2. The van der Waals surface area contributed by atoms with Gasteiger partial charge in [0, 0.05) is 11.8 Å². The molecule has 4 aromatic carbocycles. The minimum absolute atomic E-state index is 0.000823. The van der Waals surface area contributed by atoms with Crippen LogP contribution in [0.25, 0.3) is 0 Å². The molecule has 0 saturated carbocycles. The fraction of sp³-hybridized carbons (Fsp3) is 0.0741. The Kier molecular flexibility index (Phi) is 7.70. The summed E-state index contributed by atoms with van der Waals surface area (Å²) < 4.78 is 61.6. The van der Waals surface area contributed by atoms with Gasteiger partial charge in [0.05, 0.1) is 5.69 Å². The van der Waals surface area contributed by atoms with Crippen LogP contribution >= 0.6 is 0 Å². The van der Waals surface area contributed by atoms with Gasteiger partial charge in [-0.3, -0.25) is 0 Å². The van der Waals surface area contributed by atoms with Crippen LogP contribution in [0.2, 0.25) is 0 Å². The van der Waals surface area contributed by atoms with Crippen LogP contribution in [0.5, 0.6) is 11.5 Å². The number of nitrogens with one attached hydrogen (secondary N) is 2. The number of benzene rings is 4. The number of hydrogen-bond acceptors (Lipinski definition) is 7. The third kappa shape index (κ3) is 6.31. The lowest BCUT2D eigenvalue weighted by Gasteiger charge is -2.14. The molecule has 0 saturated heterocycles. The van der Waals surface area contributed by atoms with Crippen molar-refractivity contribution in [3.8, 4) is 11.5 Å². The van der Waals surface area contributed by atoms with Crippen molar-refractivity contribution in [1.29, 1.82) is 0 Å². The summed E-state index contributed by atoms with van der Waals surface area (Å²) in [6, 6.07) is 24.0. The van der Waals surface area contributed by atoms with Crippen LogP contribution in [-0.2, 0) is 20.2 Å². The first-order valence-corrected chi connectivity index (χ1v) is 14.1. The van der Waals surface area contributed by atoms with Crippen molar-refractivity contribution in [1.82, 2.24) is 0 Å². The van der Waals surface area contributed by atoms with Crippen LogP contribution in [0.1, 0.15) is 11.1 Å². The molecule has 0 heterocycles. The molecular weight excluding hydrogens is 528 g/mol. The van der Waals surface area contributed by atoms with Crippen LogP contribution in [0.3, 0.4) is 0 Å². The number of anilines is 2. The number of amides is 2. The van der Waals surface area contributed by atoms with Gasteiger partial charge in [0.2, 0.25) is 0 Å². The monoisotopic (exact) mass is 552 g/mol. The molecule has 0 atom stereocenters. The van der Waals surface area contributed by atoms with Crippen LogP contribution in [0.4, 0.5) is 16.2 Å². The molecular formula is C27H24N2O7S2. The fourth-order valence-corrected chi connectivity index (χ4v) is 5.89. The van der Waals surface area contributed by atoms with Gasteiger partial charge in [-0.05, 0) is 61.4 Å². The van der Waals surface area contributed by atoms with Crippen LogP contribution in [0, 0.1) is 13.8 Å². The largest absolute Gasteiger partial charge is 0.379 e. The predicted molar refractivity (Wildman–Crippen MR) is 144 cm³/mol. The van der Waals surface area contributed by atoms with Crippen LogP contribution in [0.15, 0.2) is 107 Å². The summed E-state index contributed by atoms with van der Waals surface area (Å²) in [6.45, 7) is 3.31. The highest BCUT2D eigenvalue weighted by Crippen LogP contribution is 2.29. The zero-order chi connectivity index (χ0) is 27.3. The summed E-state index contributed by atoms with van der Waals surface area (Å²) in [5, 5.41) is 5.12. The number of rotatable bonds is 8. The minimum Gasteiger partial charge on any atom is -0.379 e. The Morgan fingerprint density at radius 2 is 1.18 bits per heavy atom. The maximum Gasteiger partial charge on any atom is 0.339 e. The Labute approximate surface area is 221 Å². The van der Waals surface area contributed by atoms with Crippen molar-refractivity contribution >= 4 is 37.6 Å². The molecule has 196 valence electrons. The average Bonchev–Trinajstić information content (AvgIpc) is 2.85. The standard InChI is InChI=1S/C27H24N2O7S2/c1-19-10-3-7-16-25(19)37(31,32)35-22-13-9-12-21(18-22)28-27(30)29-23-14-5-6-15-24(23)36-38(33,34)26-17-8-4-11-20(26)2/h3-18H,1-2H3,(H2,28,29,30). The number of para-hydroxylation sites is 2. The van der Waals surface area contributed by atoms with Gasteiger partial charge in [0.25, 0.3) is 0 Å². The number of carbonyl (C=O) groups excluding carboxylic acids is 1. The Morgan fingerprint density at radius 1 is 0.632 bits per heavy atom. The molecule has 4 aromatic rings. The summed E-state index contributed by atoms with van der Waals surface area (Å²) in [5.41, 5.74) is 1.40. The van der Waals surface area contributed by atoms with E-state index in [1.165, 1.54) is 48.5 Å². The highest BCUT2D eigenvalue weighted by atomic mass is 32.2. The average molecular weight is 553 g/mol. The number of hydrogen-bond donors (Lipinski definition) is 2. The summed E-state index contributed by atoms with van der Waals surface area (Å²) >= 11 is 0. The number of carbonyl (C=O) groups is 1. The lowest BCUT2D eigenvalue weighted by atomic mass is 10.2. The molecule has 0 bridgehead atoms. The van der Waals surface area contributed by atoms with E-state index in [2.05, 4.69) is 10.6 Å². The zero-order valence-electron chi connectivity index (χ0n) is 20.4. The van der Waals surface area contributed by atoms with Gasteiger partial charge < -0.3 is 19.0 Å². The first-order chi connectivity index (χ1) is 18.0. The topological polar surface area (TPSA) is 128 Å². The van der Waals surface area contributed by atoms with E-state index in [1.54, 1.807) is 62.4 Å². The molecule has 4 rings (SSSR count).